The normalized spacial score (nSPS) is 21.0. The van der Waals surface area contributed by atoms with Crippen molar-refractivity contribution >= 4 is 11.9 Å². The number of rotatable bonds is 7. The van der Waals surface area contributed by atoms with Crippen LogP contribution in [0.4, 0.5) is 0 Å². The van der Waals surface area contributed by atoms with Gasteiger partial charge in [0, 0.05) is 12.6 Å². The predicted octanol–water partition coefficient (Wildman–Crippen LogP) is 0.450. The standard InChI is InChI=1S/C12H20N2O3/c1-2-14(9-5-6-9)10(15)7-13-11(12(16)17)8-3-4-8/h8-9,11,13H,2-7H2,1H3,(H,16,17). The zero-order valence-electron chi connectivity index (χ0n) is 10.2. The molecule has 0 aliphatic heterocycles. The van der Waals surface area contributed by atoms with Crippen LogP contribution in [0.2, 0.25) is 0 Å². The Morgan fingerprint density at radius 2 is 2.00 bits per heavy atom. The first-order valence-corrected chi connectivity index (χ1v) is 6.39. The lowest BCUT2D eigenvalue weighted by atomic mass is 10.2. The number of aliphatic carboxylic acids is 1. The summed E-state index contributed by atoms with van der Waals surface area (Å²) in [5, 5.41) is 11.9. The molecule has 0 aromatic heterocycles. The van der Waals surface area contributed by atoms with Gasteiger partial charge in [-0.1, -0.05) is 0 Å². The van der Waals surface area contributed by atoms with Gasteiger partial charge in [0.15, 0.2) is 0 Å². The lowest BCUT2D eigenvalue weighted by Crippen LogP contribution is -2.46. The first kappa shape index (κ1) is 12.4. The Balaban J connectivity index is 1.79. The summed E-state index contributed by atoms with van der Waals surface area (Å²) in [5.74, 6) is -0.590. The van der Waals surface area contributed by atoms with Crippen LogP contribution >= 0.6 is 0 Å². The molecule has 2 rings (SSSR count). The van der Waals surface area contributed by atoms with Crippen molar-refractivity contribution in [1.82, 2.24) is 10.2 Å². The highest BCUT2D eigenvalue weighted by Gasteiger charge is 2.37. The zero-order chi connectivity index (χ0) is 12.4. The van der Waals surface area contributed by atoms with Gasteiger partial charge in [-0.05, 0) is 38.5 Å². The minimum Gasteiger partial charge on any atom is -0.480 e. The third-order valence-electron chi connectivity index (χ3n) is 3.48. The molecule has 17 heavy (non-hydrogen) atoms. The van der Waals surface area contributed by atoms with Crippen LogP contribution in [0.25, 0.3) is 0 Å². The topological polar surface area (TPSA) is 69.6 Å². The van der Waals surface area contributed by atoms with Crippen LogP contribution in [0.5, 0.6) is 0 Å². The molecule has 1 amide bonds. The quantitative estimate of drug-likeness (QED) is 0.678. The van der Waals surface area contributed by atoms with Gasteiger partial charge in [-0.3, -0.25) is 14.9 Å². The minimum absolute atomic E-state index is 0.0295. The Hall–Kier alpha value is -1.10. The van der Waals surface area contributed by atoms with E-state index in [4.69, 9.17) is 5.11 Å². The van der Waals surface area contributed by atoms with Crippen molar-refractivity contribution in [2.24, 2.45) is 5.92 Å². The molecule has 2 fully saturated rings. The van der Waals surface area contributed by atoms with E-state index >= 15 is 0 Å². The average molecular weight is 240 g/mol. The SMILES string of the molecule is CCN(C(=O)CNC(C(=O)O)C1CC1)C1CC1. The number of carboxylic acid groups (broad SMARTS) is 1. The van der Waals surface area contributed by atoms with Gasteiger partial charge in [0.25, 0.3) is 0 Å². The molecule has 2 N–H and O–H groups in total. The highest BCUT2D eigenvalue weighted by Crippen LogP contribution is 2.32. The van der Waals surface area contributed by atoms with E-state index in [1.165, 1.54) is 0 Å². The Morgan fingerprint density at radius 3 is 2.41 bits per heavy atom. The molecule has 1 unspecified atom stereocenters. The molecule has 96 valence electrons. The van der Waals surface area contributed by atoms with Crippen LogP contribution in [-0.4, -0.2) is 47.1 Å². The lowest BCUT2D eigenvalue weighted by molar-refractivity contribution is -0.140. The van der Waals surface area contributed by atoms with E-state index in [9.17, 15) is 9.59 Å². The molecule has 0 bridgehead atoms. The molecule has 5 heteroatoms. The highest BCUT2D eigenvalue weighted by atomic mass is 16.4. The summed E-state index contributed by atoms with van der Waals surface area (Å²) in [6.45, 7) is 2.83. The van der Waals surface area contributed by atoms with Crippen molar-refractivity contribution in [3.8, 4) is 0 Å². The smallest absolute Gasteiger partial charge is 0.320 e. The number of nitrogens with zero attached hydrogens (tertiary/aromatic N) is 1. The van der Waals surface area contributed by atoms with E-state index in [-0.39, 0.29) is 18.4 Å². The molecule has 2 saturated carbocycles. The molecule has 1 atom stereocenters. The van der Waals surface area contributed by atoms with Gasteiger partial charge < -0.3 is 10.0 Å². The van der Waals surface area contributed by atoms with Gasteiger partial charge in [0.05, 0.1) is 6.54 Å². The molecule has 5 nitrogen and oxygen atoms in total. The molecule has 0 aromatic carbocycles. The first-order valence-electron chi connectivity index (χ1n) is 6.39. The van der Waals surface area contributed by atoms with E-state index in [1.54, 1.807) is 0 Å². The van der Waals surface area contributed by atoms with E-state index in [2.05, 4.69) is 5.32 Å². The lowest BCUT2D eigenvalue weighted by Gasteiger charge is -2.22. The maximum absolute atomic E-state index is 11.9. The number of carbonyl (C=O) groups excluding carboxylic acids is 1. The van der Waals surface area contributed by atoms with Crippen molar-refractivity contribution in [2.75, 3.05) is 13.1 Å². The molecule has 2 aliphatic rings. The summed E-state index contributed by atoms with van der Waals surface area (Å²) in [4.78, 5) is 24.7. The van der Waals surface area contributed by atoms with Crippen molar-refractivity contribution in [1.29, 1.82) is 0 Å². The summed E-state index contributed by atoms with van der Waals surface area (Å²) in [5.41, 5.74) is 0. The Bertz CT molecular complexity index is 311. The van der Waals surface area contributed by atoms with Crippen molar-refractivity contribution in [3.63, 3.8) is 0 Å². The van der Waals surface area contributed by atoms with Crippen LogP contribution in [0.15, 0.2) is 0 Å². The number of carboxylic acids is 1. The average Bonchev–Trinajstić information content (AvgIpc) is 3.13. The second kappa shape index (κ2) is 5.04. The Morgan fingerprint density at radius 1 is 1.35 bits per heavy atom. The third-order valence-corrected chi connectivity index (χ3v) is 3.48. The third kappa shape index (κ3) is 3.19. The maximum atomic E-state index is 11.9. The van der Waals surface area contributed by atoms with E-state index < -0.39 is 12.0 Å². The van der Waals surface area contributed by atoms with Crippen molar-refractivity contribution in [3.05, 3.63) is 0 Å². The molecule has 0 radical (unpaired) electrons. The second-order valence-corrected chi connectivity index (χ2v) is 4.95. The number of amides is 1. The Labute approximate surface area is 101 Å². The van der Waals surface area contributed by atoms with Crippen LogP contribution in [0.3, 0.4) is 0 Å². The van der Waals surface area contributed by atoms with Crippen molar-refractivity contribution in [2.45, 2.75) is 44.7 Å². The van der Waals surface area contributed by atoms with Crippen LogP contribution in [0.1, 0.15) is 32.6 Å². The minimum atomic E-state index is -0.838. The van der Waals surface area contributed by atoms with E-state index in [0.717, 1.165) is 25.7 Å². The molecular formula is C12H20N2O3. The van der Waals surface area contributed by atoms with Gasteiger partial charge in [0.1, 0.15) is 6.04 Å². The van der Waals surface area contributed by atoms with Gasteiger partial charge in [-0.2, -0.15) is 0 Å². The predicted molar refractivity (Wildman–Crippen MR) is 62.6 cm³/mol. The number of carbonyl (C=O) groups is 2. The molecule has 2 aliphatic carbocycles. The van der Waals surface area contributed by atoms with Gasteiger partial charge in [0.2, 0.25) is 5.91 Å². The Kier molecular flexibility index (Phi) is 3.66. The summed E-state index contributed by atoms with van der Waals surface area (Å²) in [7, 11) is 0. The number of hydrogen-bond acceptors (Lipinski definition) is 3. The maximum Gasteiger partial charge on any atom is 0.320 e. The fraction of sp³-hybridized carbons (Fsp3) is 0.833. The van der Waals surface area contributed by atoms with E-state index in [1.807, 2.05) is 11.8 Å². The number of nitrogens with one attached hydrogen (secondary N) is 1. The fourth-order valence-corrected chi connectivity index (χ4v) is 2.21. The van der Waals surface area contributed by atoms with Crippen LogP contribution in [-0.2, 0) is 9.59 Å². The monoisotopic (exact) mass is 240 g/mol. The fourth-order valence-electron chi connectivity index (χ4n) is 2.21. The summed E-state index contributed by atoms with van der Waals surface area (Å²) in [6, 6.07) is -0.143. The largest absolute Gasteiger partial charge is 0.480 e. The molecule has 0 spiro atoms. The van der Waals surface area contributed by atoms with E-state index in [0.29, 0.717) is 12.6 Å². The number of hydrogen-bond donors (Lipinski definition) is 2. The molecular weight excluding hydrogens is 220 g/mol. The van der Waals surface area contributed by atoms with Gasteiger partial charge in [-0.25, -0.2) is 0 Å². The molecule has 0 aromatic rings. The first-order chi connectivity index (χ1) is 8.13. The van der Waals surface area contributed by atoms with Crippen LogP contribution < -0.4 is 5.32 Å². The van der Waals surface area contributed by atoms with Crippen LogP contribution in [0, 0.1) is 5.92 Å². The van der Waals surface area contributed by atoms with Crippen molar-refractivity contribution < 1.29 is 14.7 Å². The second-order valence-electron chi connectivity index (χ2n) is 4.95. The molecule has 0 heterocycles. The zero-order valence-corrected chi connectivity index (χ0v) is 10.2. The summed E-state index contributed by atoms with van der Waals surface area (Å²) in [6.07, 6.45) is 4.09. The van der Waals surface area contributed by atoms with Gasteiger partial charge in [-0.15, -0.1) is 0 Å². The molecule has 0 saturated heterocycles. The number of likely N-dealkylation sites (N-methyl/N-ethyl adjacent to an activating group) is 1. The highest BCUT2D eigenvalue weighted by molar-refractivity contribution is 5.80. The van der Waals surface area contributed by atoms with Gasteiger partial charge >= 0.3 is 5.97 Å². The summed E-state index contributed by atoms with van der Waals surface area (Å²) < 4.78 is 0. The summed E-state index contributed by atoms with van der Waals surface area (Å²) >= 11 is 0.